The molecule has 0 bridgehead atoms. The van der Waals surface area contributed by atoms with Crippen LogP contribution < -0.4 is 10.6 Å². The van der Waals surface area contributed by atoms with E-state index in [0.29, 0.717) is 5.02 Å². The maximum atomic E-state index is 12.1. The molecular formula is C17H25ClN2O3. The predicted octanol–water partition coefficient (Wildman–Crippen LogP) is 2.69. The Morgan fingerprint density at radius 3 is 2.48 bits per heavy atom. The molecule has 0 fully saturated rings. The quantitative estimate of drug-likeness (QED) is 0.714. The first-order valence-electron chi connectivity index (χ1n) is 7.75. The van der Waals surface area contributed by atoms with Crippen molar-refractivity contribution in [1.82, 2.24) is 10.6 Å². The van der Waals surface area contributed by atoms with Crippen molar-refractivity contribution in [2.45, 2.75) is 39.3 Å². The minimum Gasteiger partial charge on any atom is -0.467 e. The molecule has 0 radical (unpaired) electrons. The first kappa shape index (κ1) is 19.5. The number of carbonyl (C=O) groups is 2. The molecule has 0 aliphatic heterocycles. The number of benzene rings is 1. The molecule has 0 aliphatic carbocycles. The highest BCUT2D eigenvalue weighted by Crippen LogP contribution is 2.21. The van der Waals surface area contributed by atoms with Crippen LogP contribution in [0.1, 0.15) is 38.8 Å². The second-order valence-electron chi connectivity index (χ2n) is 5.58. The molecule has 0 saturated carbocycles. The van der Waals surface area contributed by atoms with Crippen LogP contribution in [0, 0.1) is 5.92 Å². The van der Waals surface area contributed by atoms with Crippen LogP contribution in [0.4, 0.5) is 0 Å². The maximum Gasteiger partial charge on any atom is 0.328 e. The Labute approximate surface area is 142 Å². The average Bonchev–Trinajstić information content (AvgIpc) is 2.56. The van der Waals surface area contributed by atoms with Gasteiger partial charge in [-0.3, -0.25) is 4.79 Å². The highest BCUT2D eigenvalue weighted by Gasteiger charge is 2.26. The van der Waals surface area contributed by atoms with Crippen LogP contribution in [0.25, 0.3) is 0 Å². The van der Waals surface area contributed by atoms with Gasteiger partial charge in [0.1, 0.15) is 6.04 Å². The van der Waals surface area contributed by atoms with Gasteiger partial charge >= 0.3 is 5.97 Å². The number of methoxy groups -OCH3 is 1. The molecule has 0 aromatic heterocycles. The van der Waals surface area contributed by atoms with Gasteiger partial charge in [0.2, 0.25) is 5.91 Å². The summed E-state index contributed by atoms with van der Waals surface area (Å²) in [7, 11) is 1.32. The molecule has 23 heavy (non-hydrogen) atoms. The zero-order chi connectivity index (χ0) is 17.4. The van der Waals surface area contributed by atoms with E-state index >= 15 is 0 Å². The normalized spacial score (nSPS) is 14.7. The number of hydrogen-bond donors (Lipinski definition) is 2. The van der Waals surface area contributed by atoms with Gasteiger partial charge in [-0.15, -0.1) is 0 Å². The molecule has 0 heterocycles. The van der Waals surface area contributed by atoms with E-state index < -0.39 is 12.0 Å². The van der Waals surface area contributed by atoms with E-state index in [4.69, 9.17) is 16.3 Å². The fourth-order valence-corrected chi connectivity index (χ4v) is 2.50. The number of hydrogen-bond acceptors (Lipinski definition) is 4. The molecule has 1 aromatic carbocycles. The highest BCUT2D eigenvalue weighted by molar-refractivity contribution is 6.31. The highest BCUT2D eigenvalue weighted by atomic mass is 35.5. The minimum atomic E-state index is -0.630. The standard InChI is InChI=1S/C17H25ClN2O3/c1-5-11(2)16(17(22)23-4)20-15(21)10-19-12(3)13-8-6-7-9-14(13)18/h6-9,11-12,16,19H,5,10H2,1-4H3,(H,20,21). The van der Waals surface area contributed by atoms with Crippen LogP contribution >= 0.6 is 11.6 Å². The Bertz CT molecular complexity index is 536. The van der Waals surface area contributed by atoms with E-state index in [1.54, 1.807) is 0 Å². The summed E-state index contributed by atoms with van der Waals surface area (Å²) in [4.78, 5) is 23.9. The van der Waals surface area contributed by atoms with Crippen molar-refractivity contribution in [3.63, 3.8) is 0 Å². The van der Waals surface area contributed by atoms with Gasteiger partial charge in [0.15, 0.2) is 0 Å². The van der Waals surface area contributed by atoms with Crippen LogP contribution in [-0.2, 0) is 14.3 Å². The van der Waals surface area contributed by atoms with Crippen molar-refractivity contribution in [2.75, 3.05) is 13.7 Å². The molecule has 128 valence electrons. The van der Waals surface area contributed by atoms with E-state index in [2.05, 4.69) is 10.6 Å². The monoisotopic (exact) mass is 340 g/mol. The third kappa shape index (κ3) is 5.84. The first-order chi connectivity index (χ1) is 10.9. The molecule has 3 atom stereocenters. The molecule has 3 unspecified atom stereocenters. The summed E-state index contributed by atoms with van der Waals surface area (Å²) in [6.07, 6.45) is 0.767. The Balaban J connectivity index is 2.58. The topological polar surface area (TPSA) is 67.4 Å². The second-order valence-corrected chi connectivity index (χ2v) is 5.99. The zero-order valence-electron chi connectivity index (χ0n) is 14.1. The van der Waals surface area contributed by atoms with Gasteiger partial charge in [-0.25, -0.2) is 4.79 Å². The number of amides is 1. The van der Waals surface area contributed by atoms with E-state index in [1.807, 2.05) is 45.0 Å². The van der Waals surface area contributed by atoms with Gasteiger partial charge in [0.05, 0.1) is 13.7 Å². The van der Waals surface area contributed by atoms with Crippen LogP contribution in [0.3, 0.4) is 0 Å². The summed E-state index contributed by atoms with van der Waals surface area (Å²) in [5, 5.41) is 6.49. The summed E-state index contributed by atoms with van der Waals surface area (Å²) in [6.45, 7) is 5.89. The lowest BCUT2D eigenvalue weighted by atomic mass is 9.99. The molecule has 0 saturated heterocycles. The minimum absolute atomic E-state index is 0.00684. The lowest BCUT2D eigenvalue weighted by Crippen LogP contribution is -2.48. The van der Waals surface area contributed by atoms with E-state index in [9.17, 15) is 9.59 Å². The van der Waals surface area contributed by atoms with Gasteiger partial charge in [-0.1, -0.05) is 50.1 Å². The first-order valence-corrected chi connectivity index (χ1v) is 8.13. The lowest BCUT2D eigenvalue weighted by molar-refractivity contribution is -0.146. The number of rotatable bonds is 8. The number of carbonyl (C=O) groups excluding carboxylic acids is 2. The number of nitrogens with one attached hydrogen (secondary N) is 2. The summed E-state index contributed by atoms with van der Waals surface area (Å²) < 4.78 is 4.76. The maximum absolute atomic E-state index is 12.1. The number of esters is 1. The van der Waals surface area contributed by atoms with E-state index in [0.717, 1.165) is 12.0 Å². The SMILES string of the molecule is CCC(C)C(NC(=O)CNC(C)c1ccccc1Cl)C(=O)OC. The zero-order valence-corrected chi connectivity index (χ0v) is 14.8. The summed E-state index contributed by atoms with van der Waals surface area (Å²) in [6, 6.07) is 6.78. The Morgan fingerprint density at radius 2 is 1.91 bits per heavy atom. The average molecular weight is 341 g/mol. The molecule has 2 N–H and O–H groups in total. The molecule has 5 nitrogen and oxygen atoms in total. The van der Waals surface area contributed by atoms with Crippen molar-refractivity contribution in [1.29, 1.82) is 0 Å². The van der Waals surface area contributed by atoms with Gasteiger partial charge in [-0.2, -0.15) is 0 Å². The Hall–Kier alpha value is -1.59. The molecule has 1 amide bonds. The van der Waals surface area contributed by atoms with Crippen LogP contribution in [0.2, 0.25) is 5.02 Å². The van der Waals surface area contributed by atoms with Gasteiger partial charge in [0, 0.05) is 11.1 Å². The molecule has 1 rings (SSSR count). The van der Waals surface area contributed by atoms with Crippen molar-refractivity contribution in [3.8, 4) is 0 Å². The van der Waals surface area contributed by atoms with Crippen LogP contribution in [-0.4, -0.2) is 31.6 Å². The van der Waals surface area contributed by atoms with E-state index in [-0.39, 0.29) is 24.4 Å². The molecule has 0 spiro atoms. The van der Waals surface area contributed by atoms with Crippen molar-refractivity contribution >= 4 is 23.5 Å². The second kappa shape index (κ2) is 9.53. The fraction of sp³-hybridized carbons (Fsp3) is 0.529. The third-order valence-electron chi connectivity index (χ3n) is 3.93. The third-order valence-corrected chi connectivity index (χ3v) is 4.27. The van der Waals surface area contributed by atoms with Crippen LogP contribution in [0.15, 0.2) is 24.3 Å². The summed E-state index contributed by atoms with van der Waals surface area (Å²) in [5.74, 6) is -0.668. The summed E-state index contributed by atoms with van der Waals surface area (Å²) in [5.41, 5.74) is 0.924. The van der Waals surface area contributed by atoms with Crippen molar-refractivity contribution in [3.05, 3.63) is 34.9 Å². The predicted molar refractivity (Wildman–Crippen MR) is 91.3 cm³/mol. The van der Waals surface area contributed by atoms with Gasteiger partial charge in [0.25, 0.3) is 0 Å². The lowest BCUT2D eigenvalue weighted by Gasteiger charge is -2.22. The van der Waals surface area contributed by atoms with Crippen molar-refractivity contribution in [2.24, 2.45) is 5.92 Å². The van der Waals surface area contributed by atoms with Crippen LogP contribution in [0.5, 0.6) is 0 Å². The largest absolute Gasteiger partial charge is 0.467 e. The smallest absolute Gasteiger partial charge is 0.328 e. The van der Waals surface area contributed by atoms with Gasteiger partial charge in [-0.05, 0) is 24.5 Å². The Morgan fingerprint density at radius 1 is 1.26 bits per heavy atom. The summed E-state index contributed by atoms with van der Waals surface area (Å²) >= 11 is 6.14. The molecular weight excluding hydrogens is 316 g/mol. The molecule has 1 aromatic rings. The number of halogens is 1. The molecule has 6 heteroatoms. The molecule has 0 aliphatic rings. The van der Waals surface area contributed by atoms with Gasteiger partial charge < -0.3 is 15.4 Å². The number of ether oxygens (including phenoxy) is 1. The van der Waals surface area contributed by atoms with Crippen molar-refractivity contribution < 1.29 is 14.3 Å². The fourth-order valence-electron chi connectivity index (χ4n) is 2.20. The van der Waals surface area contributed by atoms with E-state index in [1.165, 1.54) is 7.11 Å². The Kier molecular flexibility index (Phi) is 8.06.